The number of fused-ring (bicyclic) bond motifs is 2. The van der Waals surface area contributed by atoms with E-state index in [4.69, 9.17) is 4.18 Å². The van der Waals surface area contributed by atoms with Crippen LogP contribution in [0.15, 0.2) is 53.8 Å². The quantitative estimate of drug-likeness (QED) is 0.313. The highest BCUT2D eigenvalue weighted by atomic mass is 32.2. The van der Waals surface area contributed by atoms with E-state index < -0.39 is 25.6 Å². The summed E-state index contributed by atoms with van der Waals surface area (Å²) in [7, 11) is -6.01. The highest BCUT2D eigenvalue weighted by Crippen LogP contribution is 2.65. The van der Waals surface area contributed by atoms with Gasteiger partial charge in [0.25, 0.3) is 20.1 Å². The molecule has 14 heteroatoms. The summed E-state index contributed by atoms with van der Waals surface area (Å²) in [5, 5.41) is 13.1. The first-order chi connectivity index (χ1) is 17.9. The van der Waals surface area contributed by atoms with Crippen LogP contribution >= 0.6 is 0 Å². The van der Waals surface area contributed by atoms with Crippen molar-refractivity contribution in [1.29, 1.82) is 0 Å². The van der Waals surface area contributed by atoms with Gasteiger partial charge < -0.3 is 0 Å². The van der Waals surface area contributed by atoms with E-state index in [9.17, 15) is 21.2 Å². The molecule has 1 saturated carbocycles. The largest absolute Gasteiger partial charge is 0.270 e. The molecule has 2 fully saturated rings. The van der Waals surface area contributed by atoms with E-state index in [1.807, 2.05) is 19.1 Å². The van der Waals surface area contributed by atoms with Crippen LogP contribution in [0.3, 0.4) is 0 Å². The highest BCUT2D eigenvalue weighted by molar-refractivity contribution is 7.89. The summed E-state index contributed by atoms with van der Waals surface area (Å²) in [5.41, 5.74) is 2.73. The Labute approximate surface area is 219 Å². The van der Waals surface area contributed by atoms with Crippen molar-refractivity contribution < 1.29 is 25.4 Å². The Morgan fingerprint density at radius 1 is 1.11 bits per heavy atom. The number of halogens is 1. The summed E-state index contributed by atoms with van der Waals surface area (Å²) < 4.78 is 71.9. The van der Waals surface area contributed by atoms with Gasteiger partial charge in [0.15, 0.2) is 0 Å². The van der Waals surface area contributed by atoms with Gasteiger partial charge in [-0.1, -0.05) is 0 Å². The normalized spacial score (nSPS) is 23.7. The minimum atomic E-state index is -3.89. The lowest BCUT2D eigenvalue weighted by atomic mass is 9.88. The number of benzene rings is 2. The van der Waals surface area contributed by atoms with Gasteiger partial charge in [-0.05, 0) is 66.3 Å². The smallest absolute Gasteiger partial charge is 0.264 e. The van der Waals surface area contributed by atoms with Crippen molar-refractivity contribution in [3.8, 4) is 5.69 Å². The van der Waals surface area contributed by atoms with Crippen LogP contribution in [-0.2, 0) is 36.8 Å². The Hall–Kier alpha value is -3.20. The molecule has 3 atom stereocenters. The number of aromatic nitrogens is 5. The number of hydrogen-bond donors (Lipinski definition) is 0. The van der Waals surface area contributed by atoms with Crippen molar-refractivity contribution in [3.63, 3.8) is 0 Å². The van der Waals surface area contributed by atoms with Crippen LogP contribution in [0.2, 0.25) is 0 Å². The minimum absolute atomic E-state index is 0.0329. The summed E-state index contributed by atoms with van der Waals surface area (Å²) in [5.74, 6) is -0.667. The van der Waals surface area contributed by atoms with Gasteiger partial charge in [-0.15, -0.1) is 5.10 Å². The van der Waals surface area contributed by atoms with Crippen LogP contribution in [0.1, 0.15) is 11.1 Å². The first-order valence-corrected chi connectivity index (χ1v) is 15.1. The lowest BCUT2D eigenvalue weighted by molar-refractivity contribution is 0.267. The molecule has 11 nitrogen and oxygen atoms in total. The van der Waals surface area contributed by atoms with Crippen LogP contribution in [0.5, 0.6) is 0 Å². The molecule has 1 saturated heterocycles. The van der Waals surface area contributed by atoms with Gasteiger partial charge in [0.1, 0.15) is 5.82 Å². The predicted octanol–water partition coefficient (Wildman–Crippen LogP) is 1.77. The molecule has 2 aromatic heterocycles. The average Bonchev–Trinajstić information content (AvgIpc) is 3.30. The van der Waals surface area contributed by atoms with Crippen LogP contribution in [0.25, 0.3) is 16.6 Å². The predicted molar refractivity (Wildman–Crippen MR) is 135 cm³/mol. The second-order valence-electron chi connectivity index (χ2n) is 9.97. The number of rotatable bonds is 7. The zero-order valence-electron chi connectivity index (χ0n) is 20.8. The van der Waals surface area contributed by atoms with Gasteiger partial charge in [-0.3, -0.25) is 4.18 Å². The standard InChI is InChI=1S/C24H25FN6O5S2/c1-15-8-22-16(10-27-31(22)18-6-4-17(25)5-7-18)9-19(15)24-14-30(38(34,35)23-11-26-29(2)28-23)12-20(24)21(24)13-36-37(3,32)33/h4-11,20-21H,12-14H2,1-3H3/t20-,21-,24+/m0/s1. The molecular formula is C24H25FN6O5S2. The lowest BCUT2D eigenvalue weighted by Gasteiger charge is -2.24. The van der Waals surface area contributed by atoms with Gasteiger partial charge in [-0.2, -0.15) is 27.7 Å². The van der Waals surface area contributed by atoms with E-state index >= 15 is 0 Å². The van der Waals surface area contributed by atoms with Gasteiger partial charge in [0.2, 0.25) is 5.03 Å². The molecule has 2 aliphatic rings. The summed E-state index contributed by atoms with van der Waals surface area (Å²) in [6.45, 7) is 2.28. The van der Waals surface area contributed by atoms with Crippen LogP contribution < -0.4 is 0 Å². The summed E-state index contributed by atoms with van der Waals surface area (Å²) in [6.07, 6.45) is 3.93. The molecule has 6 rings (SSSR count). The van der Waals surface area contributed by atoms with Gasteiger partial charge in [0.05, 0.1) is 36.5 Å². The van der Waals surface area contributed by atoms with Crippen LogP contribution in [-0.4, -0.2) is 71.9 Å². The maximum Gasteiger partial charge on any atom is 0.264 e. The summed E-state index contributed by atoms with van der Waals surface area (Å²) in [4.78, 5) is 1.19. The Bertz CT molecular complexity index is 1780. The molecule has 0 unspecified atom stereocenters. The molecule has 0 amide bonds. The lowest BCUT2D eigenvalue weighted by Crippen LogP contribution is -2.36. The van der Waals surface area contributed by atoms with Crippen molar-refractivity contribution in [2.45, 2.75) is 17.4 Å². The van der Waals surface area contributed by atoms with E-state index in [1.54, 1.807) is 30.1 Å². The highest BCUT2D eigenvalue weighted by Gasteiger charge is 2.71. The van der Waals surface area contributed by atoms with E-state index in [1.165, 1.54) is 27.4 Å². The van der Waals surface area contributed by atoms with Crippen molar-refractivity contribution in [2.75, 3.05) is 26.0 Å². The Morgan fingerprint density at radius 3 is 2.50 bits per heavy atom. The van der Waals surface area contributed by atoms with Gasteiger partial charge >= 0.3 is 0 Å². The summed E-state index contributed by atoms with van der Waals surface area (Å²) >= 11 is 0. The molecule has 200 valence electrons. The molecule has 3 heterocycles. The molecular weight excluding hydrogens is 535 g/mol. The maximum atomic E-state index is 13.4. The topological polar surface area (TPSA) is 129 Å². The van der Waals surface area contributed by atoms with Crippen molar-refractivity contribution in [1.82, 2.24) is 29.1 Å². The molecule has 0 spiro atoms. The molecule has 1 aliphatic heterocycles. The van der Waals surface area contributed by atoms with Crippen molar-refractivity contribution in [3.05, 3.63) is 65.7 Å². The number of hydrogen-bond acceptors (Lipinski definition) is 8. The fourth-order valence-electron chi connectivity index (χ4n) is 5.88. The van der Waals surface area contributed by atoms with E-state index in [-0.39, 0.29) is 42.4 Å². The summed E-state index contributed by atoms with van der Waals surface area (Å²) in [6, 6.07) is 9.99. The molecule has 4 aromatic rings. The zero-order valence-corrected chi connectivity index (χ0v) is 22.4. The second-order valence-corrected chi connectivity index (χ2v) is 13.5. The SMILES string of the molecule is Cc1cc2c(cnn2-c2ccc(F)cc2)cc1[C@]12CN(S(=O)(=O)c3cnn(C)n3)C[C@H]1[C@@H]2COS(C)(=O)=O. The molecule has 0 radical (unpaired) electrons. The fourth-order valence-corrected chi connectivity index (χ4v) is 7.68. The monoisotopic (exact) mass is 560 g/mol. The molecule has 1 aliphatic carbocycles. The third-order valence-corrected chi connectivity index (χ3v) is 9.91. The van der Waals surface area contributed by atoms with Crippen molar-refractivity contribution in [2.24, 2.45) is 18.9 Å². The maximum absolute atomic E-state index is 13.4. The Morgan fingerprint density at radius 2 is 1.84 bits per heavy atom. The number of piperidine rings is 1. The number of sulfonamides is 1. The molecule has 0 N–H and O–H groups in total. The first kappa shape index (κ1) is 25.1. The Kier molecular flexibility index (Phi) is 5.55. The Balaban J connectivity index is 1.40. The average molecular weight is 561 g/mol. The molecule has 2 aromatic carbocycles. The first-order valence-electron chi connectivity index (χ1n) is 11.9. The third kappa shape index (κ3) is 3.94. The molecule has 38 heavy (non-hydrogen) atoms. The minimum Gasteiger partial charge on any atom is -0.270 e. The number of nitrogens with zero attached hydrogens (tertiary/aromatic N) is 6. The van der Waals surface area contributed by atoms with Crippen molar-refractivity contribution >= 4 is 31.0 Å². The zero-order chi connectivity index (χ0) is 27.0. The van der Waals surface area contributed by atoms with E-state index in [0.717, 1.165) is 28.3 Å². The number of aryl methyl sites for hydroxylation is 2. The second kappa shape index (κ2) is 8.40. The van der Waals surface area contributed by atoms with Crippen LogP contribution in [0.4, 0.5) is 4.39 Å². The molecule has 0 bridgehead atoms. The van der Waals surface area contributed by atoms with Crippen LogP contribution in [0, 0.1) is 24.6 Å². The third-order valence-electron chi connectivity index (χ3n) is 7.67. The van der Waals surface area contributed by atoms with Gasteiger partial charge in [-0.25, -0.2) is 17.5 Å². The van der Waals surface area contributed by atoms with E-state index in [2.05, 4.69) is 15.3 Å². The fraction of sp³-hybridized carbons (Fsp3) is 0.375. The van der Waals surface area contributed by atoms with E-state index in [0.29, 0.717) is 5.69 Å². The van der Waals surface area contributed by atoms with Gasteiger partial charge in [0, 0.05) is 30.9 Å².